The van der Waals surface area contributed by atoms with Crippen LogP contribution < -0.4 is 16.2 Å². The Bertz CT molecular complexity index is 1780. The lowest BCUT2D eigenvalue weighted by Crippen LogP contribution is -2.39. The molecule has 0 aliphatic heterocycles. The van der Waals surface area contributed by atoms with Crippen molar-refractivity contribution in [3.8, 4) is 17.0 Å². The van der Waals surface area contributed by atoms with Crippen LogP contribution in [0.4, 0.5) is 13.6 Å². The van der Waals surface area contributed by atoms with Gasteiger partial charge in [0.2, 0.25) is 0 Å². The van der Waals surface area contributed by atoms with Crippen LogP contribution >= 0.6 is 23.2 Å². The number of imidazole rings is 1. The van der Waals surface area contributed by atoms with Crippen molar-refractivity contribution in [3.63, 3.8) is 0 Å². The Labute approximate surface area is 236 Å². The van der Waals surface area contributed by atoms with Gasteiger partial charge in [-0.15, -0.1) is 0 Å². The van der Waals surface area contributed by atoms with Gasteiger partial charge in [0.25, 0.3) is 5.56 Å². The maximum Gasteiger partial charge on any atom is 0.315 e. The number of aromatic nitrogens is 3. The van der Waals surface area contributed by atoms with Gasteiger partial charge < -0.3 is 25.7 Å². The Kier molecular flexibility index (Phi) is 7.72. The number of H-pyrrole nitrogens is 2. The molecule has 0 aliphatic rings. The monoisotopic (exact) mass is 583 g/mol. The van der Waals surface area contributed by atoms with Crippen LogP contribution in [0.2, 0.25) is 10.2 Å². The van der Waals surface area contributed by atoms with E-state index in [1.807, 2.05) is 30.3 Å². The van der Waals surface area contributed by atoms with E-state index in [-0.39, 0.29) is 21.5 Å². The molecule has 8 nitrogen and oxygen atoms in total. The molecule has 5 rings (SSSR count). The number of nitrogens with zero attached hydrogens (tertiary/aromatic N) is 1. The largest absolute Gasteiger partial charge is 0.507 e. The minimum Gasteiger partial charge on any atom is -0.507 e. The van der Waals surface area contributed by atoms with Crippen LogP contribution in [0.1, 0.15) is 23.0 Å². The molecule has 204 valence electrons. The van der Waals surface area contributed by atoms with E-state index in [1.165, 1.54) is 0 Å². The minimum absolute atomic E-state index is 0.182. The molecule has 1 atom stereocenters. The number of carbonyl (C=O) groups is 1. The first-order chi connectivity index (χ1) is 19.2. The standard InChI is InChI=1S/C28H21Cl2F2N5O3/c29-18-7-8-19(31)17(24(18)32)13-33-28(40)35-21(10-14-4-2-1-3-5-14)27-36-25(26(30)37-27)15-6-9-20-16(11-15)22(38)12-23(39)34-20/h1-9,11-12,21H,10,13H2,(H,36,37)(H2,33,35,40)(H2,34,38,39)/t21-/m0/s1. The lowest BCUT2D eigenvalue weighted by molar-refractivity contribution is 0.236. The number of aromatic amines is 2. The van der Waals surface area contributed by atoms with E-state index in [4.69, 9.17) is 23.2 Å². The zero-order chi connectivity index (χ0) is 28.4. The lowest BCUT2D eigenvalue weighted by Gasteiger charge is -2.18. The fraction of sp³-hybridized carbons (Fsp3) is 0.107. The maximum absolute atomic E-state index is 14.3. The summed E-state index contributed by atoms with van der Waals surface area (Å²) >= 11 is 12.3. The minimum atomic E-state index is -0.948. The van der Waals surface area contributed by atoms with E-state index < -0.39 is 35.8 Å². The topological polar surface area (TPSA) is 123 Å². The van der Waals surface area contributed by atoms with Crippen LogP contribution in [0.3, 0.4) is 0 Å². The summed E-state index contributed by atoms with van der Waals surface area (Å²) in [5.74, 6) is -1.66. The first-order valence-corrected chi connectivity index (χ1v) is 12.8. The molecule has 0 unspecified atom stereocenters. The van der Waals surface area contributed by atoms with E-state index in [9.17, 15) is 23.5 Å². The van der Waals surface area contributed by atoms with E-state index in [1.54, 1.807) is 18.2 Å². The first-order valence-electron chi connectivity index (χ1n) is 12.0. The summed E-state index contributed by atoms with van der Waals surface area (Å²) in [6, 6.07) is 16.0. The molecule has 0 aliphatic carbocycles. The van der Waals surface area contributed by atoms with Gasteiger partial charge in [-0.2, -0.15) is 0 Å². The van der Waals surface area contributed by atoms with Crippen molar-refractivity contribution in [1.82, 2.24) is 25.6 Å². The number of amides is 2. The highest BCUT2D eigenvalue weighted by molar-refractivity contribution is 6.32. The van der Waals surface area contributed by atoms with Crippen molar-refractivity contribution in [1.29, 1.82) is 0 Å². The normalized spacial score (nSPS) is 11.9. The number of benzene rings is 3. The smallest absolute Gasteiger partial charge is 0.315 e. The molecule has 2 amide bonds. The van der Waals surface area contributed by atoms with Gasteiger partial charge in [-0.25, -0.2) is 18.6 Å². The summed E-state index contributed by atoms with van der Waals surface area (Å²) in [7, 11) is 0. The van der Waals surface area contributed by atoms with Crippen LogP contribution in [0.25, 0.3) is 22.2 Å². The molecule has 2 heterocycles. The number of pyridine rings is 1. The quantitative estimate of drug-likeness (QED) is 0.151. The zero-order valence-corrected chi connectivity index (χ0v) is 22.1. The summed E-state index contributed by atoms with van der Waals surface area (Å²) in [4.78, 5) is 34.8. The third-order valence-corrected chi connectivity index (χ3v) is 6.82. The predicted molar refractivity (Wildman–Crippen MR) is 148 cm³/mol. The number of urea groups is 1. The number of rotatable bonds is 7. The van der Waals surface area contributed by atoms with Gasteiger partial charge in [0.15, 0.2) is 0 Å². The van der Waals surface area contributed by atoms with Crippen molar-refractivity contribution < 1.29 is 18.7 Å². The molecule has 0 spiro atoms. The van der Waals surface area contributed by atoms with Crippen molar-refractivity contribution in [2.45, 2.75) is 19.0 Å². The van der Waals surface area contributed by atoms with Crippen LogP contribution in [0.15, 0.2) is 71.5 Å². The maximum atomic E-state index is 14.3. The Morgan fingerprint density at radius 2 is 1.80 bits per heavy atom. The highest BCUT2D eigenvalue weighted by Gasteiger charge is 2.22. The van der Waals surface area contributed by atoms with Crippen molar-refractivity contribution in [2.24, 2.45) is 0 Å². The summed E-state index contributed by atoms with van der Waals surface area (Å²) in [5.41, 5.74) is 1.42. The summed E-state index contributed by atoms with van der Waals surface area (Å²) in [6.45, 7) is -0.436. The van der Waals surface area contributed by atoms with Gasteiger partial charge in [-0.3, -0.25) is 4.79 Å². The van der Waals surface area contributed by atoms with Gasteiger partial charge in [0.05, 0.1) is 23.1 Å². The summed E-state index contributed by atoms with van der Waals surface area (Å²) < 4.78 is 28.4. The molecular formula is C28H21Cl2F2N5O3. The molecule has 40 heavy (non-hydrogen) atoms. The van der Waals surface area contributed by atoms with Crippen LogP contribution in [0, 0.1) is 11.6 Å². The van der Waals surface area contributed by atoms with Gasteiger partial charge in [-0.1, -0.05) is 59.6 Å². The predicted octanol–water partition coefficient (Wildman–Crippen LogP) is 5.99. The van der Waals surface area contributed by atoms with Crippen LogP contribution in [0.5, 0.6) is 5.75 Å². The Hall–Kier alpha value is -4.41. The average molecular weight is 584 g/mol. The molecule has 5 N–H and O–H groups in total. The first kappa shape index (κ1) is 27.2. The fourth-order valence-corrected chi connectivity index (χ4v) is 4.71. The van der Waals surface area contributed by atoms with E-state index in [2.05, 4.69) is 25.6 Å². The van der Waals surface area contributed by atoms with Gasteiger partial charge >= 0.3 is 6.03 Å². The number of hydrogen-bond donors (Lipinski definition) is 5. The second-order valence-corrected chi connectivity index (χ2v) is 9.74. The summed E-state index contributed by atoms with van der Waals surface area (Å²) in [5, 5.41) is 15.8. The number of hydrogen-bond acceptors (Lipinski definition) is 4. The van der Waals surface area contributed by atoms with Crippen molar-refractivity contribution in [2.75, 3.05) is 0 Å². The summed E-state index contributed by atoms with van der Waals surface area (Å²) in [6.07, 6.45) is 0.317. The third-order valence-electron chi connectivity index (χ3n) is 6.26. The van der Waals surface area contributed by atoms with Crippen molar-refractivity contribution >= 4 is 40.1 Å². The fourth-order valence-electron chi connectivity index (χ4n) is 4.28. The lowest BCUT2D eigenvalue weighted by atomic mass is 10.1. The van der Waals surface area contributed by atoms with Gasteiger partial charge in [0, 0.05) is 22.6 Å². The Balaban J connectivity index is 1.42. The highest BCUT2D eigenvalue weighted by atomic mass is 35.5. The van der Waals surface area contributed by atoms with E-state index in [0.29, 0.717) is 34.4 Å². The van der Waals surface area contributed by atoms with Crippen molar-refractivity contribution in [3.05, 3.63) is 116 Å². The Morgan fingerprint density at radius 1 is 1.02 bits per heavy atom. The second kappa shape index (κ2) is 11.4. The van der Waals surface area contributed by atoms with Gasteiger partial charge in [-0.05, 0) is 36.2 Å². The Morgan fingerprint density at radius 3 is 2.58 bits per heavy atom. The average Bonchev–Trinajstić information content (AvgIpc) is 3.32. The highest BCUT2D eigenvalue weighted by Crippen LogP contribution is 2.32. The number of halogens is 4. The molecular weight excluding hydrogens is 563 g/mol. The number of aromatic hydroxyl groups is 1. The molecule has 0 saturated carbocycles. The molecule has 0 fully saturated rings. The zero-order valence-electron chi connectivity index (χ0n) is 20.6. The molecule has 2 aromatic heterocycles. The van der Waals surface area contributed by atoms with E-state index >= 15 is 0 Å². The molecule has 5 aromatic rings. The second-order valence-electron chi connectivity index (χ2n) is 8.95. The molecule has 0 saturated heterocycles. The van der Waals surface area contributed by atoms with E-state index in [0.717, 1.165) is 23.8 Å². The number of fused-ring (bicyclic) bond motifs is 1. The molecule has 12 heteroatoms. The van der Waals surface area contributed by atoms with Gasteiger partial charge in [0.1, 0.15) is 34.1 Å². The molecule has 0 bridgehead atoms. The molecule has 0 radical (unpaired) electrons. The van der Waals surface area contributed by atoms with Crippen LogP contribution in [-0.4, -0.2) is 26.1 Å². The molecule has 3 aromatic carbocycles. The van der Waals surface area contributed by atoms with Crippen LogP contribution in [-0.2, 0) is 13.0 Å². The SMILES string of the molecule is O=C(NCc1c(F)ccc(Cl)c1F)N[C@@H](Cc1ccccc1)c1nc(-c2ccc3[nH]c(=O)cc(O)c3c2)c(Cl)[nH]1. The number of nitrogens with one attached hydrogen (secondary N) is 4. The number of carbonyl (C=O) groups excluding carboxylic acids is 1. The third kappa shape index (κ3) is 5.78.